The Morgan fingerprint density at radius 1 is 1.29 bits per heavy atom. The summed E-state index contributed by atoms with van der Waals surface area (Å²) in [5, 5.41) is 10.3. The predicted molar refractivity (Wildman–Crippen MR) is 80.1 cm³/mol. The summed E-state index contributed by atoms with van der Waals surface area (Å²) in [4.78, 5) is 18.3. The summed E-state index contributed by atoms with van der Waals surface area (Å²) in [6, 6.07) is 10.7. The van der Waals surface area contributed by atoms with Gasteiger partial charge in [0.25, 0.3) is 5.91 Å². The van der Waals surface area contributed by atoms with Crippen LogP contribution in [0.2, 0.25) is 5.02 Å². The summed E-state index contributed by atoms with van der Waals surface area (Å²) in [5.41, 5.74) is 2.44. The van der Waals surface area contributed by atoms with E-state index in [1.54, 1.807) is 23.2 Å². The third-order valence-corrected chi connectivity index (χ3v) is 3.99. The molecule has 1 aliphatic heterocycles. The number of carbonyl (C=O) groups excluding carboxylic acids is 1. The average molecular weight is 303 g/mol. The van der Waals surface area contributed by atoms with Crippen LogP contribution in [0.5, 0.6) is 0 Å². The van der Waals surface area contributed by atoms with E-state index in [-0.39, 0.29) is 18.6 Å². The zero-order chi connectivity index (χ0) is 14.8. The molecule has 5 heteroatoms. The number of amides is 1. The van der Waals surface area contributed by atoms with Crippen molar-refractivity contribution in [2.45, 2.75) is 19.0 Å². The van der Waals surface area contributed by atoms with Gasteiger partial charge in [-0.2, -0.15) is 0 Å². The first-order valence-corrected chi connectivity index (χ1v) is 7.17. The minimum Gasteiger partial charge on any atom is -0.394 e. The number of benzene rings is 1. The van der Waals surface area contributed by atoms with E-state index in [1.165, 1.54) is 0 Å². The van der Waals surface area contributed by atoms with Gasteiger partial charge in [-0.1, -0.05) is 23.7 Å². The highest BCUT2D eigenvalue weighted by Gasteiger charge is 2.33. The largest absolute Gasteiger partial charge is 0.394 e. The molecule has 1 amide bonds. The monoisotopic (exact) mass is 302 g/mol. The van der Waals surface area contributed by atoms with Crippen molar-refractivity contribution in [1.82, 2.24) is 9.88 Å². The molecule has 2 heterocycles. The van der Waals surface area contributed by atoms with E-state index in [1.807, 2.05) is 24.3 Å². The number of rotatable bonds is 4. The minimum atomic E-state index is -0.257. The second kappa shape index (κ2) is 5.84. The summed E-state index contributed by atoms with van der Waals surface area (Å²) in [6.45, 7) is 0.371. The first kappa shape index (κ1) is 14.0. The summed E-state index contributed by atoms with van der Waals surface area (Å²) in [6.07, 6.45) is 2.27. The number of aromatic nitrogens is 1. The van der Waals surface area contributed by atoms with Gasteiger partial charge in [0.2, 0.25) is 0 Å². The first-order chi connectivity index (χ1) is 10.2. The molecule has 1 aromatic heterocycles. The lowest BCUT2D eigenvalue weighted by molar-refractivity contribution is 0.0616. The van der Waals surface area contributed by atoms with Gasteiger partial charge in [0, 0.05) is 11.2 Å². The smallest absolute Gasteiger partial charge is 0.256 e. The molecule has 0 spiro atoms. The highest BCUT2D eigenvalue weighted by atomic mass is 35.5. The highest BCUT2D eigenvalue weighted by Crippen LogP contribution is 2.24. The van der Waals surface area contributed by atoms with Crippen LogP contribution in [0.3, 0.4) is 0 Å². The van der Waals surface area contributed by atoms with Gasteiger partial charge in [-0.3, -0.25) is 9.78 Å². The molecule has 0 bridgehead atoms. The lowest BCUT2D eigenvalue weighted by Crippen LogP contribution is -2.39. The first-order valence-electron chi connectivity index (χ1n) is 6.79. The van der Waals surface area contributed by atoms with Gasteiger partial charge < -0.3 is 10.0 Å². The molecule has 1 N–H and O–H groups in total. The van der Waals surface area contributed by atoms with Crippen molar-refractivity contribution in [2.75, 3.05) is 6.61 Å². The Labute approximate surface area is 128 Å². The van der Waals surface area contributed by atoms with Crippen LogP contribution in [-0.4, -0.2) is 33.5 Å². The molecule has 1 aromatic carbocycles. The zero-order valence-electron chi connectivity index (χ0n) is 11.4. The fourth-order valence-electron chi connectivity index (χ4n) is 2.61. The van der Waals surface area contributed by atoms with E-state index < -0.39 is 0 Å². The van der Waals surface area contributed by atoms with Gasteiger partial charge in [0.1, 0.15) is 0 Å². The summed E-state index contributed by atoms with van der Waals surface area (Å²) in [5.74, 6) is -0.0638. The van der Waals surface area contributed by atoms with E-state index in [9.17, 15) is 9.90 Å². The molecule has 0 saturated heterocycles. The summed E-state index contributed by atoms with van der Waals surface area (Å²) in [7, 11) is 0. The van der Waals surface area contributed by atoms with Crippen LogP contribution < -0.4 is 0 Å². The van der Waals surface area contributed by atoms with Gasteiger partial charge in [-0.15, -0.1) is 0 Å². The third-order valence-electron chi connectivity index (χ3n) is 3.74. The number of hydrogen-bond donors (Lipinski definition) is 1. The Morgan fingerprint density at radius 2 is 2.05 bits per heavy atom. The molecule has 1 atom stereocenters. The van der Waals surface area contributed by atoms with Gasteiger partial charge in [-0.05, 0) is 36.2 Å². The lowest BCUT2D eigenvalue weighted by atomic mass is 10.1. The van der Waals surface area contributed by atoms with Crippen LogP contribution in [0.1, 0.15) is 21.6 Å². The van der Waals surface area contributed by atoms with E-state index in [4.69, 9.17) is 11.6 Å². The molecular weight excluding hydrogens is 288 g/mol. The van der Waals surface area contributed by atoms with Gasteiger partial charge >= 0.3 is 0 Å². The normalized spacial score (nSPS) is 15.1. The molecule has 3 rings (SSSR count). The van der Waals surface area contributed by atoms with Crippen LogP contribution in [-0.2, 0) is 13.0 Å². The maximum Gasteiger partial charge on any atom is 0.256 e. The Bertz CT molecular complexity index is 658. The second-order valence-electron chi connectivity index (χ2n) is 5.10. The Kier molecular flexibility index (Phi) is 3.90. The van der Waals surface area contributed by atoms with Crippen molar-refractivity contribution in [3.8, 4) is 0 Å². The molecule has 0 fully saturated rings. The molecule has 0 saturated carbocycles. The zero-order valence-corrected chi connectivity index (χ0v) is 12.1. The fourth-order valence-corrected chi connectivity index (χ4v) is 2.73. The third kappa shape index (κ3) is 2.77. The Hall–Kier alpha value is -1.91. The van der Waals surface area contributed by atoms with E-state index in [0.29, 0.717) is 23.6 Å². The summed E-state index contributed by atoms with van der Waals surface area (Å²) >= 11 is 5.87. The number of nitrogens with zero attached hydrogens (tertiary/aromatic N) is 2. The van der Waals surface area contributed by atoms with E-state index in [0.717, 1.165) is 11.3 Å². The van der Waals surface area contributed by atoms with Crippen LogP contribution in [0.15, 0.2) is 42.6 Å². The van der Waals surface area contributed by atoms with Crippen LogP contribution >= 0.6 is 11.6 Å². The standard InChI is InChI=1S/C16H15ClN2O2/c17-12-5-3-11(4-6-12)8-13(10-20)19-9-15-14(16(19)21)2-1-7-18-15/h1-7,13,20H,8-10H2/t13-/m1/s1. The molecule has 0 unspecified atom stereocenters. The molecule has 4 nitrogen and oxygen atoms in total. The minimum absolute atomic E-state index is 0.0638. The Morgan fingerprint density at radius 3 is 2.71 bits per heavy atom. The van der Waals surface area contributed by atoms with Crippen molar-refractivity contribution in [1.29, 1.82) is 0 Å². The number of fused-ring (bicyclic) bond motifs is 1. The highest BCUT2D eigenvalue weighted by molar-refractivity contribution is 6.30. The SMILES string of the molecule is O=C1c2cccnc2CN1[C@@H](CO)Cc1ccc(Cl)cc1. The molecule has 1 aliphatic rings. The topological polar surface area (TPSA) is 53.4 Å². The van der Waals surface area contributed by atoms with E-state index >= 15 is 0 Å². The number of pyridine rings is 1. The number of halogens is 1. The molecule has 0 radical (unpaired) electrons. The van der Waals surface area contributed by atoms with Gasteiger partial charge in [0.15, 0.2) is 0 Å². The lowest BCUT2D eigenvalue weighted by Gasteiger charge is -2.26. The van der Waals surface area contributed by atoms with Crippen LogP contribution in [0, 0.1) is 0 Å². The van der Waals surface area contributed by atoms with Crippen LogP contribution in [0.25, 0.3) is 0 Å². The maximum absolute atomic E-state index is 12.4. The number of aliphatic hydroxyl groups excluding tert-OH is 1. The second-order valence-corrected chi connectivity index (χ2v) is 5.53. The molecular formula is C16H15ClN2O2. The fraction of sp³-hybridized carbons (Fsp3) is 0.250. The Balaban J connectivity index is 1.79. The number of hydrogen-bond acceptors (Lipinski definition) is 3. The number of carbonyl (C=O) groups is 1. The quantitative estimate of drug-likeness (QED) is 0.943. The maximum atomic E-state index is 12.4. The van der Waals surface area contributed by atoms with Crippen LogP contribution in [0.4, 0.5) is 0 Å². The van der Waals surface area contributed by atoms with Crippen molar-refractivity contribution >= 4 is 17.5 Å². The van der Waals surface area contributed by atoms with Gasteiger partial charge in [-0.25, -0.2) is 0 Å². The van der Waals surface area contributed by atoms with Crippen molar-refractivity contribution in [2.24, 2.45) is 0 Å². The molecule has 21 heavy (non-hydrogen) atoms. The van der Waals surface area contributed by atoms with Crippen molar-refractivity contribution in [3.63, 3.8) is 0 Å². The number of aliphatic hydroxyl groups is 1. The average Bonchev–Trinajstić information content (AvgIpc) is 2.84. The molecule has 108 valence electrons. The van der Waals surface area contributed by atoms with Gasteiger partial charge in [0.05, 0.1) is 30.5 Å². The van der Waals surface area contributed by atoms with Crippen molar-refractivity contribution < 1.29 is 9.90 Å². The van der Waals surface area contributed by atoms with Crippen molar-refractivity contribution in [3.05, 3.63) is 64.4 Å². The van der Waals surface area contributed by atoms with E-state index in [2.05, 4.69) is 4.98 Å². The molecule has 0 aliphatic carbocycles. The predicted octanol–water partition coefficient (Wildman–Crippen LogP) is 2.29. The molecule has 2 aromatic rings. The summed E-state index contributed by atoms with van der Waals surface area (Å²) < 4.78 is 0.